The quantitative estimate of drug-likeness (QED) is 0.0319. The van der Waals surface area contributed by atoms with Gasteiger partial charge in [-0.3, -0.25) is 14.4 Å². The normalized spacial score (nSPS) is 16.9. The van der Waals surface area contributed by atoms with Crippen LogP contribution in [0.25, 0.3) is 0 Å². The van der Waals surface area contributed by atoms with Gasteiger partial charge in [0.25, 0.3) is 0 Å². The second kappa shape index (κ2) is 40.9. The molecule has 21 nitrogen and oxygen atoms in total. The van der Waals surface area contributed by atoms with Gasteiger partial charge in [0.1, 0.15) is 46.1 Å². The predicted octanol–water partition coefficient (Wildman–Crippen LogP) is 20.3. The number of rotatable bonds is 27. The fraction of sp³-hybridized carbons (Fsp3) is 0.344. The van der Waals surface area contributed by atoms with Crippen LogP contribution in [0.3, 0.4) is 0 Å². The van der Waals surface area contributed by atoms with Gasteiger partial charge in [-0.1, -0.05) is 84.4 Å². The zero-order valence-corrected chi connectivity index (χ0v) is 74.5. The highest BCUT2D eigenvalue weighted by Gasteiger charge is 2.45. The number of aliphatic carboxylic acids is 3. The van der Waals surface area contributed by atoms with Gasteiger partial charge in [-0.15, -0.1) is 35.3 Å². The number of carbonyl (C=O) groups excluding carboxylic acids is 6. The summed E-state index contributed by atoms with van der Waals surface area (Å²) in [6.45, 7) is 21.8. The lowest BCUT2D eigenvalue weighted by Gasteiger charge is -2.25. The van der Waals surface area contributed by atoms with Gasteiger partial charge in [0.15, 0.2) is 34.2 Å². The number of hydrogen-bond acceptors (Lipinski definition) is 18. The van der Waals surface area contributed by atoms with Crippen molar-refractivity contribution in [3.05, 3.63) is 265 Å². The van der Waals surface area contributed by atoms with Gasteiger partial charge in [-0.05, 0) is 298 Å². The van der Waals surface area contributed by atoms with E-state index in [9.17, 15) is 67.3 Å². The van der Waals surface area contributed by atoms with Crippen LogP contribution >= 0.6 is 46.9 Å². The van der Waals surface area contributed by atoms with Crippen LogP contribution in [0.2, 0.25) is 5.02 Å². The van der Waals surface area contributed by atoms with Crippen LogP contribution in [0.4, 0.5) is 23.2 Å². The first-order valence-corrected chi connectivity index (χ1v) is 44.0. The number of benzene rings is 9. The summed E-state index contributed by atoms with van der Waals surface area (Å²) in [5, 5.41) is 29.0. The van der Waals surface area contributed by atoms with Crippen LogP contribution in [0, 0.1) is 88.7 Å². The molecule has 0 unspecified atom stereocenters. The van der Waals surface area contributed by atoms with E-state index in [2.05, 4.69) is 0 Å². The van der Waals surface area contributed by atoms with Crippen LogP contribution in [-0.4, -0.2) is 158 Å². The summed E-state index contributed by atoms with van der Waals surface area (Å²) in [5.74, 6) is -3.64. The van der Waals surface area contributed by atoms with Crippen molar-refractivity contribution in [2.75, 3.05) is 58.0 Å². The molecule has 3 aliphatic heterocycles. The van der Waals surface area contributed by atoms with E-state index < -0.39 is 82.4 Å². The molecule has 0 radical (unpaired) electrons. The summed E-state index contributed by atoms with van der Waals surface area (Å²) in [6.07, 6.45) is 5.80. The summed E-state index contributed by atoms with van der Waals surface area (Å²) >= 11 is 10.7. The van der Waals surface area contributed by atoms with Gasteiger partial charge in [0, 0.05) is 93.4 Å². The molecule has 0 bridgehead atoms. The highest BCUT2D eigenvalue weighted by molar-refractivity contribution is 7.99. The van der Waals surface area contributed by atoms with Crippen LogP contribution in [0.5, 0.6) is 34.5 Å². The molecule has 3 fully saturated rings. The monoisotopic (exact) mass is 1750 g/mol. The number of halogens is 3. The number of ether oxygens (including phenoxy) is 6. The Morgan fingerprint density at radius 1 is 0.358 bits per heavy atom. The average molecular weight is 1760 g/mol. The van der Waals surface area contributed by atoms with Crippen molar-refractivity contribution in [1.29, 1.82) is 0 Å². The van der Waals surface area contributed by atoms with Crippen molar-refractivity contribution < 1.29 is 95.7 Å². The summed E-state index contributed by atoms with van der Waals surface area (Å²) < 4.78 is 60.7. The van der Waals surface area contributed by atoms with Crippen molar-refractivity contribution in [2.24, 2.45) is 35.5 Å². The molecule has 3 N–H and O–H groups in total. The molecule has 3 amide bonds. The molecule has 27 heteroatoms. The summed E-state index contributed by atoms with van der Waals surface area (Å²) in [4.78, 5) is 123. The Morgan fingerprint density at radius 2 is 0.577 bits per heavy atom. The third-order valence-corrected chi connectivity index (χ3v) is 24.4. The van der Waals surface area contributed by atoms with Crippen molar-refractivity contribution in [1.82, 2.24) is 14.7 Å². The number of nitrogens with zero attached hydrogens (tertiary/aromatic N) is 3. The van der Waals surface area contributed by atoms with Gasteiger partial charge in [-0.2, -0.15) is 0 Å². The predicted molar refractivity (Wildman–Crippen MR) is 472 cm³/mol. The zero-order chi connectivity index (χ0) is 89.7. The maximum absolute atomic E-state index is 13.7. The molecule has 0 saturated carbocycles. The molecular formula is C96H102ClF2N3O18S3. The third-order valence-electron chi connectivity index (χ3n) is 22.0. The van der Waals surface area contributed by atoms with Gasteiger partial charge in [0.2, 0.25) is 0 Å². The summed E-state index contributed by atoms with van der Waals surface area (Å²) in [5.41, 5.74) is 5.26. The van der Waals surface area contributed by atoms with E-state index in [-0.39, 0.29) is 66.2 Å². The Labute approximate surface area is 733 Å². The molecule has 9 aromatic rings. The molecule has 3 heterocycles. The first-order valence-electron chi connectivity index (χ1n) is 39.9. The number of hydrogen-bond donors (Lipinski definition) is 3. The molecular weight excluding hydrogens is 1650 g/mol. The van der Waals surface area contributed by atoms with Crippen molar-refractivity contribution in [2.45, 2.75) is 134 Å². The first-order chi connectivity index (χ1) is 58.1. The first kappa shape index (κ1) is 94.1. The number of aryl methyl sites for hydroxylation is 6. The molecule has 12 rings (SSSR count). The Balaban J connectivity index is 0.000000193. The molecule has 3 aliphatic rings. The Kier molecular flexibility index (Phi) is 31.3. The van der Waals surface area contributed by atoms with E-state index in [1.807, 2.05) is 170 Å². The standard InChI is InChI=1S/C32H34ClNO6S.2C32H34FNO6S/c3*1-19-14-21(15-20(2)29(19)40-32(3,4)30(36)37)16-23-17-34(31(38)39-25-10-8-24(33)9-11-25)18-27(23)28(35)22-6-12-26(41-5)13-7-22/h3*6-15,23,27H,16-18H2,1-5H3,(H,36,37)/t3*23-,27-/m110/s1. The Morgan fingerprint density at radius 3 is 0.789 bits per heavy atom. The van der Waals surface area contributed by atoms with Crippen molar-refractivity contribution in [3.63, 3.8) is 0 Å². The van der Waals surface area contributed by atoms with Crippen LogP contribution < -0.4 is 28.4 Å². The Bertz CT molecular complexity index is 4770. The molecule has 9 aromatic carbocycles. The minimum absolute atomic E-state index is 0.0129. The van der Waals surface area contributed by atoms with Crippen LogP contribution in [0.1, 0.15) is 123 Å². The highest BCUT2D eigenvalue weighted by Crippen LogP contribution is 2.40. The number of Topliss-reactive ketones (excluding diaryl/α,β-unsaturated/α-hetero) is 3. The molecule has 123 heavy (non-hydrogen) atoms. The van der Waals surface area contributed by atoms with Crippen LogP contribution in [0.15, 0.2) is 197 Å². The number of thioether (sulfide) groups is 3. The molecule has 0 aromatic heterocycles. The largest absolute Gasteiger partial charge is 0.478 e. The number of ketones is 3. The van der Waals surface area contributed by atoms with Crippen molar-refractivity contribution >= 4 is 100 Å². The number of amides is 3. The fourth-order valence-electron chi connectivity index (χ4n) is 15.2. The van der Waals surface area contributed by atoms with E-state index in [1.54, 1.807) is 64.5 Å². The van der Waals surface area contributed by atoms with Gasteiger partial charge in [-0.25, -0.2) is 37.5 Å². The third kappa shape index (κ3) is 24.4. The topological polar surface area (TPSA) is 279 Å². The van der Waals surface area contributed by atoms with E-state index in [1.165, 1.54) is 99.9 Å². The fourth-order valence-corrected chi connectivity index (χ4v) is 16.6. The lowest BCUT2D eigenvalue weighted by Crippen LogP contribution is -2.38. The van der Waals surface area contributed by atoms with E-state index in [0.29, 0.717) is 83.6 Å². The summed E-state index contributed by atoms with van der Waals surface area (Å²) in [6, 6.07) is 51.1. The number of likely N-dealkylation sites (tertiary alicyclic amines) is 3. The average Bonchev–Trinajstić information content (AvgIpc) is 1.72. The smallest absolute Gasteiger partial charge is 0.415 e. The number of carbonyl (C=O) groups is 9. The molecule has 3 saturated heterocycles. The number of carboxylic acids is 3. The molecule has 648 valence electrons. The van der Waals surface area contributed by atoms with Gasteiger partial charge in [0.05, 0.1) is 0 Å². The van der Waals surface area contributed by atoms with Gasteiger partial charge < -0.3 is 58.4 Å². The van der Waals surface area contributed by atoms with Crippen molar-refractivity contribution in [3.8, 4) is 34.5 Å². The zero-order valence-electron chi connectivity index (χ0n) is 71.3. The molecule has 0 spiro atoms. The lowest BCUT2D eigenvalue weighted by atomic mass is 9.84. The van der Waals surface area contributed by atoms with E-state index in [0.717, 1.165) is 64.8 Å². The lowest BCUT2D eigenvalue weighted by molar-refractivity contribution is -0.152. The maximum Gasteiger partial charge on any atom is 0.415 e. The van der Waals surface area contributed by atoms with Gasteiger partial charge >= 0.3 is 36.2 Å². The second-order valence-corrected chi connectivity index (χ2v) is 35.7. The highest BCUT2D eigenvalue weighted by atomic mass is 35.5. The van der Waals surface area contributed by atoms with E-state index in [4.69, 9.17) is 40.0 Å². The summed E-state index contributed by atoms with van der Waals surface area (Å²) in [7, 11) is 0. The maximum atomic E-state index is 13.7. The van der Waals surface area contributed by atoms with Crippen LogP contribution in [-0.2, 0) is 33.6 Å². The minimum atomic E-state index is -1.39. The minimum Gasteiger partial charge on any atom is -0.478 e. The second-order valence-electron chi connectivity index (χ2n) is 32.6. The van der Waals surface area contributed by atoms with E-state index >= 15 is 0 Å². The number of carboxylic acid groups (broad SMARTS) is 3. The molecule has 6 atom stereocenters. The molecule has 0 aliphatic carbocycles. The SMILES string of the molecule is CSc1ccc(C(=O)[C@@H]2CN(C(=O)Oc3ccc(Cl)cc3)C[C@H]2Cc2cc(C)c(OC(C)(C)C(=O)O)c(C)c2)cc1.CSc1ccc(C(=O)[C@@H]2CN(C(=O)Oc3ccc(F)cc3)C[C@H]2Cc2cc(C)c(OC(C)(C)C(=O)O)c(C)c2)cc1.CSc1ccc(C(=O)[C@H]2CN(C(=O)Oc3ccc(F)cc3)C[C@@H]2Cc2cc(C)c(OC(C)(C)C(=O)O)c(C)c2)cc1. The Hall–Kier alpha value is -11.2.